The van der Waals surface area contributed by atoms with Gasteiger partial charge in [-0.05, 0) is 60.1 Å². The van der Waals surface area contributed by atoms with E-state index in [0.29, 0.717) is 33.7 Å². The molecule has 0 aliphatic rings. The third-order valence-corrected chi connectivity index (χ3v) is 3.84. The summed E-state index contributed by atoms with van der Waals surface area (Å²) >= 11 is 3.17. The van der Waals surface area contributed by atoms with E-state index in [1.54, 1.807) is 31.2 Å². The summed E-state index contributed by atoms with van der Waals surface area (Å²) in [6, 6.07) is 9.41. The van der Waals surface area contributed by atoms with Crippen molar-refractivity contribution in [3.63, 3.8) is 0 Å². The summed E-state index contributed by atoms with van der Waals surface area (Å²) in [6.07, 6.45) is 0. The molecule has 0 aromatic heterocycles. The molecule has 0 unspecified atom stereocenters. The van der Waals surface area contributed by atoms with Gasteiger partial charge in [0, 0.05) is 17.2 Å². The molecule has 2 aromatic carbocycles. The van der Waals surface area contributed by atoms with Crippen molar-refractivity contribution in [1.29, 1.82) is 0 Å². The summed E-state index contributed by atoms with van der Waals surface area (Å²) < 4.78 is 5.74. The zero-order valence-corrected chi connectivity index (χ0v) is 14.8. The smallest absolute Gasteiger partial charge is 0.271 e. The van der Waals surface area contributed by atoms with Crippen LogP contribution in [0.3, 0.4) is 0 Å². The van der Waals surface area contributed by atoms with Crippen molar-refractivity contribution in [1.82, 2.24) is 5.43 Å². The summed E-state index contributed by atoms with van der Waals surface area (Å²) in [5, 5.41) is 23.4. The van der Waals surface area contributed by atoms with Crippen molar-refractivity contribution in [3.05, 3.63) is 52.0 Å². The van der Waals surface area contributed by atoms with Crippen LogP contribution in [0.5, 0.6) is 17.2 Å². The van der Waals surface area contributed by atoms with Gasteiger partial charge >= 0.3 is 0 Å². The maximum atomic E-state index is 12.1. The number of benzene rings is 2. The molecule has 2 aromatic rings. The van der Waals surface area contributed by atoms with Gasteiger partial charge in [-0.25, -0.2) is 5.43 Å². The number of aromatic hydroxyl groups is 2. The van der Waals surface area contributed by atoms with Gasteiger partial charge in [0.2, 0.25) is 0 Å². The zero-order chi connectivity index (χ0) is 17.7. The lowest BCUT2D eigenvalue weighted by Crippen LogP contribution is -2.19. The quantitative estimate of drug-likeness (QED) is 0.536. The van der Waals surface area contributed by atoms with Gasteiger partial charge < -0.3 is 14.9 Å². The first kappa shape index (κ1) is 17.8. The molecule has 3 N–H and O–H groups in total. The van der Waals surface area contributed by atoms with E-state index < -0.39 is 0 Å². The van der Waals surface area contributed by atoms with Crippen LogP contribution >= 0.6 is 15.9 Å². The average Bonchev–Trinajstić information content (AvgIpc) is 2.56. The summed E-state index contributed by atoms with van der Waals surface area (Å²) in [7, 11) is 0. The number of nitrogens with zero attached hydrogens (tertiary/aromatic N) is 1. The first-order valence-electron chi connectivity index (χ1n) is 7.21. The van der Waals surface area contributed by atoms with E-state index in [0.717, 1.165) is 0 Å². The Morgan fingerprint density at radius 2 is 1.88 bits per heavy atom. The first-order chi connectivity index (χ1) is 11.4. The molecule has 6 nitrogen and oxygen atoms in total. The zero-order valence-electron chi connectivity index (χ0n) is 13.2. The molecule has 0 atom stereocenters. The lowest BCUT2D eigenvalue weighted by Gasteiger charge is -2.07. The molecular weight excluding hydrogens is 376 g/mol. The minimum Gasteiger partial charge on any atom is -0.507 e. The monoisotopic (exact) mass is 392 g/mol. The molecule has 0 saturated heterocycles. The summed E-state index contributed by atoms with van der Waals surface area (Å²) in [6.45, 7) is 4.08. The van der Waals surface area contributed by atoms with Crippen molar-refractivity contribution >= 4 is 27.5 Å². The summed E-state index contributed by atoms with van der Waals surface area (Å²) in [4.78, 5) is 12.1. The van der Waals surface area contributed by atoms with E-state index in [1.165, 1.54) is 12.1 Å². The Morgan fingerprint density at radius 3 is 2.50 bits per heavy atom. The molecule has 1 amide bonds. The van der Waals surface area contributed by atoms with Gasteiger partial charge in [0.1, 0.15) is 17.2 Å². The largest absolute Gasteiger partial charge is 0.507 e. The average molecular weight is 393 g/mol. The van der Waals surface area contributed by atoms with Gasteiger partial charge in [0.15, 0.2) is 0 Å². The highest BCUT2D eigenvalue weighted by Gasteiger charge is 2.11. The number of hydrazone groups is 1. The molecule has 126 valence electrons. The van der Waals surface area contributed by atoms with E-state index >= 15 is 0 Å². The van der Waals surface area contributed by atoms with E-state index in [2.05, 4.69) is 26.5 Å². The minimum atomic E-state index is -0.380. The summed E-state index contributed by atoms with van der Waals surface area (Å²) in [5.41, 5.74) is 3.66. The number of ether oxygens (including phenoxy) is 1. The highest BCUT2D eigenvalue weighted by atomic mass is 79.9. The number of phenolic OH excluding ortho intramolecular Hbond substituents is 2. The van der Waals surface area contributed by atoms with Crippen LogP contribution in [0.1, 0.15) is 29.8 Å². The van der Waals surface area contributed by atoms with Crippen LogP contribution in [0.25, 0.3) is 0 Å². The second-order valence-electron chi connectivity index (χ2n) is 4.92. The summed E-state index contributed by atoms with van der Waals surface area (Å²) in [5.74, 6) is 0.0945. The topological polar surface area (TPSA) is 91.2 Å². The van der Waals surface area contributed by atoms with E-state index in [4.69, 9.17) is 4.74 Å². The van der Waals surface area contributed by atoms with Crippen LogP contribution in [0.2, 0.25) is 0 Å². The Morgan fingerprint density at radius 1 is 1.21 bits per heavy atom. The molecular formula is C17H17BrN2O4. The fraction of sp³-hybridized carbons (Fsp3) is 0.176. The third-order valence-electron chi connectivity index (χ3n) is 3.21. The van der Waals surface area contributed by atoms with Gasteiger partial charge in [0.25, 0.3) is 5.91 Å². The number of hydrogen-bond donors (Lipinski definition) is 3. The van der Waals surface area contributed by atoms with E-state index in [9.17, 15) is 15.0 Å². The lowest BCUT2D eigenvalue weighted by atomic mass is 10.1. The second-order valence-corrected chi connectivity index (χ2v) is 5.77. The standard InChI is InChI=1S/C17H17BrN2O4/c1-3-24-12-6-4-11(5-7-12)17(23)20-19-10(2)13-8-14(18)16(22)9-15(13)21/h4-9,21-22H,3H2,1-2H3,(H,20,23)/b19-10-. The van der Waals surface area contributed by atoms with Crippen LogP contribution in [0, 0.1) is 0 Å². The first-order valence-corrected chi connectivity index (χ1v) is 8.01. The van der Waals surface area contributed by atoms with Gasteiger partial charge in [-0.1, -0.05) is 0 Å². The van der Waals surface area contributed by atoms with Crippen LogP contribution in [-0.2, 0) is 0 Å². The number of rotatable bonds is 5. The molecule has 0 radical (unpaired) electrons. The van der Waals surface area contributed by atoms with Crippen LogP contribution in [0.15, 0.2) is 46.0 Å². The van der Waals surface area contributed by atoms with Gasteiger partial charge in [0.05, 0.1) is 16.8 Å². The Hall–Kier alpha value is -2.54. The van der Waals surface area contributed by atoms with Gasteiger partial charge in [-0.15, -0.1) is 0 Å². The molecule has 24 heavy (non-hydrogen) atoms. The molecule has 0 spiro atoms. The highest BCUT2D eigenvalue weighted by molar-refractivity contribution is 9.10. The molecule has 0 aliphatic carbocycles. The van der Waals surface area contributed by atoms with E-state index in [-0.39, 0.29) is 17.4 Å². The fourth-order valence-corrected chi connectivity index (χ4v) is 2.31. The van der Waals surface area contributed by atoms with Gasteiger partial charge in [-0.2, -0.15) is 5.10 Å². The minimum absolute atomic E-state index is 0.0810. The Balaban J connectivity index is 2.11. The maximum Gasteiger partial charge on any atom is 0.271 e. The lowest BCUT2D eigenvalue weighted by molar-refractivity contribution is 0.0954. The Bertz CT molecular complexity index is 773. The molecule has 0 saturated carbocycles. The van der Waals surface area contributed by atoms with Crippen molar-refractivity contribution in [3.8, 4) is 17.2 Å². The van der Waals surface area contributed by atoms with Gasteiger partial charge in [-0.3, -0.25) is 4.79 Å². The second kappa shape index (κ2) is 7.83. The van der Waals surface area contributed by atoms with E-state index in [1.807, 2.05) is 6.92 Å². The van der Waals surface area contributed by atoms with Crippen molar-refractivity contribution in [2.45, 2.75) is 13.8 Å². The predicted octanol–water partition coefficient (Wildman–Crippen LogP) is 3.41. The van der Waals surface area contributed by atoms with Crippen molar-refractivity contribution in [2.24, 2.45) is 5.10 Å². The van der Waals surface area contributed by atoms with Crippen molar-refractivity contribution < 1.29 is 19.7 Å². The number of carbonyl (C=O) groups excluding carboxylic acids is 1. The predicted molar refractivity (Wildman–Crippen MR) is 94.8 cm³/mol. The molecule has 2 rings (SSSR count). The number of carbonyl (C=O) groups is 1. The Labute approximate surface area is 147 Å². The highest BCUT2D eigenvalue weighted by Crippen LogP contribution is 2.31. The molecule has 0 fully saturated rings. The van der Waals surface area contributed by atoms with Crippen LogP contribution in [0.4, 0.5) is 0 Å². The molecule has 0 heterocycles. The van der Waals surface area contributed by atoms with Crippen molar-refractivity contribution in [2.75, 3.05) is 6.61 Å². The maximum absolute atomic E-state index is 12.1. The number of halogens is 1. The van der Waals surface area contributed by atoms with Crippen LogP contribution in [-0.4, -0.2) is 28.4 Å². The number of phenols is 2. The Kier molecular flexibility index (Phi) is 5.81. The number of amides is 1. The van der Waals surface area contributed by atoms with Crippen LogP contribution < -0.4 is 10.2 Å². The molecule has 0 bridgehead atoms. The SMILES string of the molecule is CCOc1ccc(C(=O)N/N=C(/C)c2cc(Br)c(O)cc2O)cc1. The normalized spacial score (nSPS) is 11.2. The number of hydrogen-bond acceptors (Lipinski definition) is 5. The fourth-order valence-electron chi connectivity index (χ4n) is 1.97. The molecule has 7 heteroatoms. The third kappa shape index (κ3) is 4.26. The number of nitrogens with one attached hydrogen (secondary N) is 1. The molecule has 0 aliphatic heterocycles.